The summed E-state index contributed by atoms with van der Waals surface area (Å²) in [5, 5.41) is 0.663. The first kappa shape index (κ1) is 15.3. The fraction of sp³-hybridized carbons (Fsp3) is 0.133. The van der Waals surface area contributed by atoms with E-state index in [1.165, 1.54) is 0 Å². The molecule has 0 aliphatic rings. The maximum Gasteiger partial charge on any atom is 0.246 e. The number of nitrogens with zero attached hydrogens (tertiary/aromatic N) is 1. The molecule has 104 valence electrons. The van der Waals surface area contributed by atoms with Gasteiger partial charge >= 0.3 is 0 Å². The summed E-state index contributed by atoms with van der Waals surface area (Å²) in [5.41, 5.74) is 0.915. The first-order valence-corrected chi connectivity index (χ1v) is 7.96. The lowest BCUT2D eigenvalue weighted by Gasteiger charge is -2.13. The molecule has 0 aliphatic carbocycles. The Kier molecular flexibility index (Phi) is 5.40. The molecular formula is C15H13BrClNOS. The lowest BCUT2D eigenvalue weighted by molar-refractivity contribution is -0.125. The quantitative estimate of drug-likeness (QED) is 0.705. The summed E-state index contributed by atoms with van der Waals surface area (Å²) >= 11 is 10.9. The lowest BCUT2D eigenvalue weighted by atomic mass is 10.2. The van der Waals surface area contributed by atoms with Crippen LogP contribution < -0.4 is 0 Å². The predicted molar refractivity (Wildman–Crippen MR) is 89.0 cm³/mol. The summed E-state index contributed by atoms with van der Waals surface area (Å²) in [6.45, 7) is 0.606. The van der Waals surface area contributed by atoms with Gasteiger partial charge in [0.2, 0.25) is 5.91 Å². The molecule has 0 unspecified atom stereocenters. The molecule has 2 rings (SSSR count). The maximum atomic E-state index is 12.0. The number of carbonyl (C=O) groups excluding carboxylic acids is 1. The van der Waals surface area contributed by atoms with Crippen molar-refractivity contribution in [3.8, 4) is 0 Å². The molecule has 1 heterocycles. The minimum absolute atomic E-state index is 0.0329. The largest absolute Gasteiger partial charge is 0.337 e. The number of hydrogen-bond acceptors (Lipinski definition) is 2. The summed E-state index contributed by atoms with van der Waals surface area (Å²) in [6, 6.07) is 11.4. The van der Waals surface area contributed by atoms with Gasteiger partial charge in [-0.3, -0.25) is 4.79 Å². The molecule has 0 saturated carbocycles. The van der Waals surface area contributed by atoms with Gasteiger partial charge in [-0.25, -0.2) is 0 Å². The summed E-state index contributed by atoms with van der Waals surface area (Å²) in [7, 11) is 1.79. The Morgan fingerprint density at radius 2 is 2.20 bits per heavy atom. The van der Waals surface area contributed by atoms with Gasteiger partial charge in [-0.2, -0.15) is 0 Å². The third kappa shape index (κ3) is 4.47. The second-order valence-electron chi connectivity index (χ2n) is 4.29. The van der Waals surface area contributed by atoms with E-state index in [4.69, 9.17) is 11.6 Å². The van der Waals surface area contributed by atoms with Crippen molar-refractivity contribution in [3.05, 3.63) is 61.7 Å². The van der Waals surface area contributed by atoms with Crippen LogP contribution in [0.2, 0.25) is 5.02 Å². The van der Waals surface area contributed by atoms with Crippen LogP contribution in [0, 0.1) is 0 Å². The molecule has 5 heteroatoms. The minimum Gasteiger partial charge on any atom is -0.337 e. The molecule has 1 amide bonds. The van der Waals surface area contributed by atoms with Gasteiger partial charge in [0.05, 0.1) is 10.3 Å². The predicted octanol–water partition coefficient (Wildman–Crippen LogP) is 4.84. The Morgan fingerprint density at radius 1 is 1.40 bits per heavy atom. The van der Waals surface area contributed by atoms with Gasteiger partial charge < -0.3 is 4.90 Å². The number of hydrogen-bond donors (Lipinski definition) is 0. The van der Waals surface area contributed by atoms with Crippen LogP contribution in [0.25, 0.3) is 6.08 Å². The number of amides is 1. The van der Waals surface area contributed by atoms with E-state index in [0.717, 1.165) is 14.2 Å². The van der Waals surface area contributed by atoms with Crippen LogP contribution in [0.5, 0.6) is 0 Å². The highest BCUT2D eigenvalue weighted by Gasteiger charge is 2.07. The third-order valence-electron chi connectivity index (χ3n) is 2.67. The molecule has 0 spiro atoms. The molecule has 0 fully saturated rings. The number of likely N-dealkylation sites (N-methyl/N-ethyl adjacent to an activating group) is 1. The number of benzene rings is 1. The summed E-state index contributed by atoms with van der Waals surface area (Å²) < 4.78 is 1.07. The average molecular weight is 371 g/mol. The van der Waals surface area contributed by atoms with E-state index in [1.807, 2.05) is 36.4 Å². The highest BCUT2D eigenvalue weighted by Crippen LogP contribution is 2.23. The molecule has 0 N–H and O–H groups in total. The van der Waals surface area contributed by atoms with Crippen molar-refractivity contribution in [2.75, 3.05) is 7.05 Å². The van der Waals surface area contributed by atoms with Gasteiger partial charge in [-0.1, -0.05) is 23.7 Å². The molecule has 0 aliphatic heterocycles. The Hall–Kier alpha value is -1.10. The fourth-order valence-electron chi connectivity index (χ4n) is 1.65. The second kappa shape index (κ2) is 7.07. The summed E-state index contributed by atoms with van der Waals surface area (Å²) in [4.78, 5) is 14.8. The van der Waals surface area contributed by atoms with Gasteiger partial charge in [0.25, 0.3) is 0 Å². The lowest BCUT2D eigenvalue weighted by Crippen LogP contribution is -2.23. The molecule has 0 atom stereocenters. The maximum absolute atomic E-state index is 12.0. The van der Waals surface area contributed by atoms with E-state index in [1.54, 1.807) is 35.4 Å². The number of halogens is 2. The molecule has 0 saturated heterocycles. The first-order chi connectivity index (χ1) is 9.54. The van der Waals surface area contributed by atoms with E-state index in [2.05, 4.69) is 15.9 Å². The highest BCUT2D eigenvalue weighted by molar-refractivity contribution is 9.11. The van der Waals surface area contributed by atoms with Gasteiger partial charge in [-0.05, 0) is 51.8 Å². The van der Waals surface area contributed by atoms with Crippen LogP contribution in [-0.4, -0.2) is 17.9 Å². The standard InChI is InChI=1S/C15H13BrClNOS/c1-18(10-13-6-7-14(16)20-13)15(19)8-5-11-3-2-4-12(17)9-11/h2-9H,10H2,1H3. The fourth-order valence-corrected chi connectivity index (χ4v) is 3.39. The molecular weight excluding hydrogens is 358 g/mol. The summed E-state index contributed by atoms with van der Waals surface area (Å²) in [6.07, 6.45) is 3.34. The molecule has 0 radical (unpaired) electrons. The van der Waals surface area contributed by atoms with E-state index in [9.17, 15) is 4.79 Å². The third-order valence-corrected chi connectivity index (χ3v) is 4.51. The smallest absolute Gasteiger partial charge is 0.246 e. The Balaban J connectivity index is 1.97. The monoisotopic (exact) mass is 369 g/mol. The van der Waals surface area contributed by atoms with E-state index >= 15 is 0 Å². The van der Waals surface area contributed by atoms with Crippen molar-refractivity contribution in [3.63, 3.8) is 0 Å². The zero-order chi connectivity index (χ0) is 14.5. The van der Waals surface area contributed by atoms with Crippen molar-refractivity contribution in [1.82, 2.24) is 4.90 Å². The normalized spacial score (nSPS) is 10.9. The van der Waals surface area contributed by atoms with Crippen LogP contribution in [-0.2, 0) is 11.3 Å². The van der Waals surface area contributed by atoms with Crippen LogP contribution in [0.3, 0.4) is 0 Å². The van der Waals surface area contributed by atoms with Crippen molar-refractivity contribution in [1.29, 1.82) is 0 Å². The van der Waals surface area contributed by atoms with Crippen LogP contribution in [0.15, 0.2) is 46.3 Å². The zero-order valence-corrected chi connectivity index (χ0v) is 14.0. The van der Waals surface area contributed by atoms with E-state index in [0.29, 0.717) is 11.6 Å². The minimum atomic E-state index is -0.0329. The average Bonchev–Trinajstić information content (AvgIpc) is 2.81. The van der Waals surface area contributed by atoms with Crippen LogP contribution >= 0.6 is 38.9 Å². The Bertz CT molecular complexity index is 638. The second-order valence-corrected chi connectivity index (χ2v) is 7.27. The number of thiophene rings is 1. The number of rotatable bonds is 4. The SMILES string of the molecule is CN(Cc1ccc(Br)s1)C(=O)C=Cc1cccc(Cl)c1. The van der Waals surface area contributed by atoms with Crippen molar-refractivity contribution < 1.29 is 4.79 Å². The Labute approximate surface area is 135 Å². The van der Waals surface area contributed by atoms with Gasteiger partial charge in [-0.15, -0.1) is 11.3 Å². The van der Waals surface area contributed by atoms with E-state index in [-0.39, 0.29) is 5.91 Å². The van der Waals surface area contributed by atoms with E-state index < -0.39 is 0 Å². The zero-order valence-electron chi connectivity index (χ0n) is 10.8. The van der Waals surface area contributed by atoms with Crippen molar-refractivity contribution in [2.45, 2.75) is 6.54 Å². The van der Waals surface area contributed by atoms with Crippen LogP contribution in [0.4, 0.5) is 0 Å². The first-order valence-electron chi connectivity index (χ1n) is 5.97. The molecule has 20 heavy (non-hydrogen) atoms. The van der Waals surface area contributed by atoms with Gasteiger partial charge in [0.15, 0.2) is 0 Å². The van der Waals surface area contributed by atoms with Crippen molar-refractivity contribution >= 4 is 50.9 Å². The molecule has 1 aromatic heterocycles. The molecule has 1 aromatic carbocycles. The topological polar surface area (TPSA) is 20.3 Å². The Morgan fingerprint density at radius 3 is 2.85 bits per heavy atom. The van der Waals surface area contributed by atoms with Gasteiger partial charge in [0.1, 0.15) is 0 Å². The molecule has 2 nitrogen and oxygen atoms in total. The van der Waals surface area contributed by atoms with Gasteiger partial charge in [0, 0.05) is 23.0 Å². The summed E-state index contributed by atoms with van der Waals surface area (Å²) in [5.74, 6) is -0.0329. The molecule has 0 bridgehead atoms. The molecule has 2 aromatic rings. The highest BCUT2D eigenvalue weighted by atomic mass is 79.9. The van der Waals surface area contributed by atoms with Crippen molar-refractivity contribution in [2.24, 2.45) is 0 Å². The van der Waals surface area contributed by atoms with Crippen LogP contribution in [0.1, 0.15) is 10.4 Å². The number of carbonyl (C=O) groups is 1.